The molecule has 245 valence electrons. The van der Waals surface area contributed by atoms with E-state index in [1.165, 1.54) is 48.6 Å². The Balaban J connectivity index is 0.000000234. The summed E-state index contributed by atoms with van der Waals surface area (Å²) in [5.74, 6) is 7.68. The fourth-order valence-electron chi connectivity index (χ4n) is 6.37. The molecule has 0 unspecified atom stereocenters. The molecule has 4 nitrogen and oxygen atoms in total. The minimum absolute atomic E-state index is 0. The Kier molecular flexibility index (Phi) is 10.5. The van der Waals surface area contributed by atoms with Gasteiger partial charge in [0.2, 0.25) is 0 Å². The van der Waals surface area contributed by atoms with E-state index in [-0.39, 0.29) is 42.5 Å². The zero-order valence-corrected chi connectivity index (χ0v) is 33.7. The average Bonchev–Trinajstić information content (AvgIpc) is 3.36. The number of ketones is 1. The van der Waals surface area contributed by atoms with Crippen molar-refractivity contribution in [1.29, 1.82) is 0 Å². The minimum Gasteiger partial charge on any atom is 0 e. The Morgan fingerprint density at radius 3 is 2.15 bits per heavy atom. The summed E-state index contributed by atoms with van der Waals surface area (Å²) in [6.45, 7) is 14.2. The van der Waals surface area contributed by atoms with Gasteiger partial charge in [0.1, 0.15) is 5.76 Å². The van der Waals surface area contributed by atoms with E-state index >= 15 is 0 Å². The van der Waals surface area contributed by atoms with E-state index in [4.69, 9.17) is 4.98 Å². The Morgan fingerprint density at radius 1 is 0.913 bits per heavy atom. The molecule has 1 radical (unpaired) electrons. The zero-order valence-electron chi connectivity index (χ0n) is 29.2. The van der Waals surface area contributed by atoms with Crippen LogP contribution in [0.15, 0.2) is 66.6 Å². The van der Waals surface area contributed by atoms with Crippen LogP contribution in [0.5, 0.6) is 0 Å². The summed E-state index contributed by atoms with van der Waals surface area (Å²) >= 11 is -2.00. The van der Waals surface area contributed by atoms with Crippen molar-refractivity contribution < 1.29 is 30.0 Å². The van der Waals surface area contributed by atoms with Gasteiger partial charge in [0.15, 0.2) is 5.78 Å². The summed E-state index contributed by atoms with van der Waals surface area (Å²) in [7, 11) is 0. The van der Waals surface area contributed by atoms with Crippen LogP contribution in [0.1, 0.15) is 72.8 Å². The van der Waals surface area contributed by atoms with Crippen LogP contribution in [0, 0.1) is 23.8 Å². The van der Waals surface area contributed by atoms with Gasteiger partial charge in [-0.15, -0.1) is 0 Å². The van der Waals surface area contributed by atoms with E-state index < -0.39 is 13.3 Å². The Morgan fingerprint density at radius 2 is 1.54 bits per heavy atom. The van der Waals surface area contributed by atoms with Crippen LogP contribution in [0.2, 0.25) is 17.3 Å². The number of hydrogen-bond donors (Lipinski definition) is 1. The molecule has 1 N–H and O–H groups in total. The van der Waals surface area contributed by atoms with Gasteiger partial charge in [-0.25, -0.2) is 0 Å². The summed E-state index contributed by atoms with van der Waals surface area (Å²) in [6, 6.07) is 21.7. The summed E-state index contributed by atoms with van der Waals surface area (Å²) < 4.78 is 4.00. The van der Waals surface area contributed by atoms with E-state index in [1.807, 2.05) is 47.7 Å². The second-order valence-electron chi connectivity index (χ2n) is 14.4. The molecule has 46 heavy (non-hydrogen) atoms. The van der Waals surface area contributed by atoms with Gasteiger partial charge in [0, 0.05) is 37.0 Å². The predicted octanol–water partition coefficient (Wildman–Crippen LogP) is 10.7. The van der Waals surface area contributed by atoms with Crippen LogP contribution in [-0.2, 0) is 24.9 Å². The van der Waals surface area contributed by atoms with Crippen molar-refractivity contribution in [3.63, 3.8) is 0 Å². The molecule has 3 aromatic carbocycles. The van der Waals surface area contributed by atoms with E-state index in [1.54, 1.807) is 0 Å². The molecule has 3 aromatic heterocycles. The molecular formula is C40H49GeIrN2O2-. The van der Waals surface area contributed by atoms with Crippen LogP contribution >= 0.6 is 0 Å². The fourth-order valence-corrected chi connectivity index (χ4v) is 8.80. The molecule has 0 aliphatic heterocycles. The summed E-state index contributed by atoms with van der Waals surface area (Å²) in [4.78, 5) is 17.0. The normalized spacial score (nSPS) is 13.0. The van der Waals surface area contributed by atoms with E-state index in [0.29, 0.717) is 0 Å². The predicted molar refractivity (Wildman–Crippen MR) is 196 cm³/mol. The smallest absolute Gasteiger partial charge is 0 e. The molecule has 0 spiro atoms. The van der Waals surface area contributed by atoms with Crippen LogP contribution in [0.4, 0.5) is 0 Å². The standard InChI is InChI=1S/C25H21GeN2.C15H28O2.Ir/c1-15-11-19-18-7-5-6-8-21(18)28-22-14-17(26(2,3)4)13-16-9-10-27-24(23(16)22)20(12-15)25(19)28;1-7-14(5,8-2)12(16)11-13(17)15(6,9-3)10-4;/h5-11,13-14H,1-4H3;11,16H,7-10H2,1-6H3;/q-1;;/b;12-11-;. The zero-order chi connectivity index (χ0) is 32.9. The number of allylic oxidation sites excluding steroid dienone is 2. The quantitative estimate of drug-likeness (QED) is 0.0414. The second-order valence-corrected chi connectivity index (χ2v) is 25.0. The largest absolute Gasteiger partial charge is 0 e. The van der Waals surface area contributed by atoms with Crippen molar-refractivity contribution in [1.82, 2.24) is 9.38 Å². The van der Waals surface area contributed by atoms with Crippen molar-refractivity contribution >= 4 is 72.4 Å². The molecule has 0 atom stereocenters. The second kappa shape index (κ2) is 13.4. The molecule has 0 saturated heterocycles. The molecule has 0 aliphatic carbocycles. The van der Waals surface area contributed by atoms with Crippen molar-refractivity contribution in [2.45, 2.75) is 91.4 Å². The Bertz CT molecular complexity index is 2060. The maximum atomic E-state index is 12.2. The van der Waals surface area contributed by atoms with Gasteiger partial charge in [0.25, 0.3) is 0 Å². The molecule has 6 rings (SSSR count). The third kappa shape index (κ3) is 6.16. The molecule has 0 amide bonds. The number of aliphatic hydroxyl groups excluding tert-OH is 1. The van der Waals surface area contributed by atoms with Crippen LogP contribution < -0.4 is 4.40 Å². The molecule has 3 heterocycles. The maximum absolute atomic E-state index is 12.2. The number of nitrogens with zero attached hydrogens (tertiary/aromatic N) is 2. The number of aryl methyl sites for hydroxylation is 1. The monoisotopic (exact) mass is 856 g/mol. The first kappa shape index (κ1) is 36.1. The molecule has 0 saturated carbocycles. The third-order valence-corrected chi connectivity index (χ3v) is 14.9. The van der Waals surface area contributed by atoms with Gasteiger partial charge in [-0.05, 0) is 25.7 Å². The van der Waals surface area contributed by atoms with Gasteiger partial charge >= 0.3 is 167 Å². The van der Waals surface area contributed by atoms with E-state index in [9.17, 15) is 9.90 Å². The number of fused-ring (bicyclic) bond motifs is 5. The molecule has 6 heteroatoms. The van der Waals surface area contributed by atoms with Gasteiger partial charge in [-0.2, -0.15) is 0 Å². The molecule has 6 aromatic rings. The number of para-hydroxylation sites is 1. The number of aromatic nitrogens is 2. The number of aliphatic hydroxyl groups is 1. The van der Waals surface area contributed by atoms with Crippen LogP contribution in [0.3, 0.4) is 0 Å². The molecular weight excluding hydrogens is 805 g/mol. The molecule has 0 fully saturated rings. The minimum atomic E-state index is -2.00. The van der Waals surface area contributed by atoms with Crippen LogP contribution in [0.25, 0.3) is 49.0 Å². The Hall–Kier alpha value is -2.73. The number of hydrogen-bond acceptors (Lipinski definition) is 3. The first-order valence-electron chi connectivity index (χ1n) is 16.6. The number of carbonyl (C=O) groups is 1. The maximum Gasteiger partial charge on any atom is 0 e. The van der Waals surface area contributed by atoms with E-state index in [0.717, 1.165) is 42.1 Å². The van der Waals surface area contributed by atoms with Gasteiger partial charge in [-0.1, -0.05) is 41.5 Å². The van der Waals surface area contributed by atoms with Crippen molar-refractivity contribution in [2.75, 3.05) is 0 Å². The first-order valence-corrected chi connectivity index (χ1v) is 23.9. The van der Waals surface area contributed by atoms with Gasteiger partial charge in [0.05, 0.1) is 0 Å². The SMILES string of the molecule is CCC(C)(CC)C(=O)/C=C(\O)C(C)(CC)CC.Cc1[c-]c2c3nccc4c[c]([Ge]([CH3])([CH3])[CH3])cc(c43)n3c4ccccc4c(c1)c23.[Ir]. The average molecular weight is 855 g/mol. The topological polar surface area (TPSA) is 54.6 Å². The number of carbonyl (C=O) groups excluding carboxylic acids is 1. The number of benzene rings is 3. The summed E-state index contributed by atoms with van der Waals surface area (Å²) in [5, 5.41) is 16.4. The summed E-state index contributed by atoms with van der Waals surface area (Å²) in [5.41, 5.74) is 5.43. The van der Waals surface area contributed by atoms with Crippen molar-refractivity contribution in [2.24, 2.45) is 10.8 Å². The number of rotatable bonds is 8. The van der Waals surface area contributed by atoms with Crippen LogP contribution in [-0.4, -0.2) is 33.5 Å². The molecule has 0 bridgehead atoms. The fraction of sp³-hybridized carbons (Fsp3) is 0.400. The van der Waals surface area contributed by atoms with E-state index in [2.05, 4.69) is 83.2 Å². The van der Waals surface area contributed by atoms with Gasteiger partial charge < -0.3 is 5.11 Å². The molecule has 0 aliphatic rings. The first-order chi connectivity index (χ1) is 21.2. The summed E-state index contributed by atoms with van der Waals surface area (Å²) in [6.07, 6.45) is 6.71. The number of pyridine rings is 2. The van der Waals surface area contributed by atoms with Crippen molar-refractivity contribution in [3.05, 3.63) is 78.2 Å². The third-order valence-electron chi connectivity index (χ3n) is 10.6. The van der Waals surface area contributed by atoms with Crippen molar-refractivity contribution in [3.8, 4) is 0 Å². The Labute approximate surface area is 290 Å². The van der Waals surface area contributed by atoms with Gasteiger partial charge in [-0.3, -0.25) is 4.79 Å².